The van der Waals surface area contributed by atoms with Gasteiger partial charge in [0.25, 0.3) is 0 Å². The molecule has 1 amide bonds. The van der Waals surface area contributed by atoms with Crippen LogP contribution in [-0.2, 0) is 17.0 Å². The van der Waals surface area contributed by atoms with E-state index in [1.165, 1.54) is 20.9 Å². The Kier molecular flexibility index (Phi) is 4.83. The molecule has 0 aliphatic carbocycles. The summed E-state index contributed by atoms with van der Waals surface area (Å²) >= 11 is 3.41. The highest BCUT2D eigenvalue weighted by Crippen LogP contribution is 2.44. The van der Waals surface area contributed by atoms with Gasteiger partial charge in [0.1, 0.15) is 0 Å². The average Bonchev–Trinajstić information content (AvgIpc) is 3.05. The van der Waals surface area contributed by atoms with Gasteiger partial charge in [-0.3, -0.25) is 4.79 Å². The lowest BCUT2D eigenvalue weighted by atomic mass is 10.0. The molecule has 1 aliphatic rings. The van der Waals surface area contributed by atoms with Crippen LogP contribution in [0.25, 0.3) is 11.3 Å². The predicted octanol–water partition coefficient (Wildman–Crippen LogP) is 5.72. The fourth-order valence-corrected chi connectivity index (χ4v) is 5.13. The second-order valence-corrected chi connectivity index (χ2v) is 8.80. The van der Waals surface area contributed by atoms with Crippen LogP contribution in [0.15, 0.2) is 53.4 Å². The fourth-order valence-electron chi connectivity index (χ4n) is 3.01. The van der Waals surface area contributed by atoms with Crippen LogP contribution in [0, 0.1) is 0 Å². The third-order valence-corrected chi connectivity index (χ3v) is 6.71. The van der Waals surface area contributed by atoms with Crippen molar-refractivity contribution in [2.45, 2.75) is 36.8 Å². The van der Waals surface area contributed by atoms with E-state index in [1.54, 1.807) is 11.3 Å². The summed E-state index contributed by atoms with van der Waals surface area (Å²) in [4.78, 5) is 19.6. The number of aromatic nitrogens is 1. The van der Waals surface area contributed by atoms with Crippen LogP contribution in [0.3, 0.4) is 0 Å². The summed E-state index contributed by atoms with van der Waals surface area (Å²) < 4.78 is 0. The highest BCUT2D eigenvalue weighted by atomic mass is 32.2. The molecule has 132 valence electrons. The summed E-state index contributed by atoms with van der Waals surface area (Å²) in [5.74, 6) is 1.39. The molecule has 0 fully saturated rings. The fraction of sp³-hybridized carbons (Fsp3) is 0.238. The van der Waals surface area contributed by atoms with E-state index in [-0.39, 0.29) is 5.91 Å². The third-order valence-electron chi connectivity index (χ3n) is 4.46. The minimum absolute atomic E-state index is 0.0191. The average molecular weight is 381 g/mol. The second-order valence-electron chi connectivity index (χ2n) is 6.70. The van der Waals surface area contributed by atoms with Crippen molar-refractivity contribution >= 4 is 34.1 Å². The van der Waals surface area contributed by atoms with E-state index < -0.39 is 0 Å². The zero-order valence-corrected chi connectivity index (χ0v) is 16.4. The summed E-state index contributed by atoms with van der Waals surface area (Å²) in [6.45, 7) is 4.34. The van der Waals surface area contributed by atoms with E-state index in [1.807, 2.05) is 30.0 Å². The number of anilines is 1. The molecular formula is C21H20N2OS2. The quantitative estimate of drug-likeness (QED) is 0.629. The van der Waals surface area contributed by atoms with Crippen LogP contribution >= 0.6 is 23.1 Å². The molecule has 0 radical (unpaired) electrons. The molecule has 0 saturated carbocycles. The number of nitrogens with one attached hydrogen (secondary N) is 1. The van der Waals surface area contributed by atoms with Crippen LogP contribution in [0.1, 0.15) is 35.8 Å². The molecule has 0 spiro atoms. The Morgan fingerprint density at radius 1 is 1.15 bits per heavy atom. The van der Waals surface area contributed by atoms with Gasteiger partial charge in [0, 0.05) is 21.1 Å². The standard InChI is InChI=1S/C21H20N2OS2/c1-13(2)15-9-7-14(8-10-15)11-19(24)22-21-23-20-16-5-3-4-6-17(16)25-12-18(20)26-21/h3-10,13H,11-12H2,1-2H3,(H,22,23,24). The number of hydrogen-bond acceptors (Lipinski definition) is 4. The third kappa shape index (κ3) is 3.55. The number of rotatable bonds is 4. The Morgan fingerprint density at radius 2 is 1.92 bits per heavy atom. The lowest BCUT2D eigenvalue weighted by Crippen LogP contribution is -2.14. The molecule has 2 aromatic carbocycles. The van der Waals surface area contributed by atoms with Crippen molar-refractivity contribution in [3.8, 4) is 11.3 Å². The van der Waals surface area contributed by atoms with Crippen molar-refractivity contribution in [1.82, 2.24) is 4.98 Å². The second kappa shape index (κ2) is 7.25. The van der Waals surface area contributed by atoms with Gasteiger partial charge in [-0.25, -0.2) is 4.98 Å². The molecule has 0 saturated heterocycles. The molecular weight excluding hydrogens is 360 g/mol. The summed E-state index contributed by atoms with van der Waals surface area (Å²) in [6.07, 6.45) is 0.369. The first-order valence-electron chi connectivity index (χ1n) is 8.71. The van der Waals surface area contributed by atoms with Crippen molar-refractivity contribution in [3.05, 3.63) is 64.5 Å². The Bertz CT molecular complexity index is 945. The molecule has 4 rings (SSSR count). The molecule has 3 aromatic rings. The highest BCUT2D eigenvalue weighted by molar-refractivity contribution is 7.98. The van der Waals surface area contributed by atoms with Crippen molar-refractivity contribution in [2.24, 2.45) is 0 Å². The number of nitrogens with zero attached hydrogens (tertiary/aromatic N) is 1. The number of carbonyl (C=O) groups is 1. The molecule has 0 atom stereocenters. The minimum Gasteiger partial charge on any atom is -0.302 e. The van der Waals surface area contributed by atoms with E-state index >= 15 is 0 Å². The van der Waals surface area contributed by atoms with Gasteiger partial charge in [-0.15, -0.1) is 23.1 Å². The Morgan fingerprint density at radius 3 is 2.69 bits per heavy atom. The van der Waals surface area contributed by atoms with Crippen LogP contribution in [0.4, 0.5) is 5.13 Å². The summed E-state index contributed by atoms with van der Waals surface area (Å²) in [7, 11) is 0. The maximum atomic E-state index is 12.4. The van der Waals surface area contributed by atoms with E-state index in [0.717, 1.165) is 17.0 Å². The topological polar surface area (TPSA) is 42.0 Å². The largest absolute Gasteiger partial charge is 0.302 e. The molecule has 1 aliphatic heterocycles. The number of thiazole rings is 1. The van der Waals surface area contributed by atoms with E-state index in [0.29, 0.717) is 17.5 Å². The van der Waals surface area contributed by atoms with Crippen molar-refractivity contribution in [1.29, 1.82) is 0 Å². The number of thioether (sulfide) groups is 1. The number of benzene rings is 2. The van der Waals surface area contributed by atoms with Gasteiger partial charge in [-0.1, -0.05) is 56.3 Å². The van der Waals surface area contributed by atoms with Crippen molar-refractivity contribution < 1.29 is 4.79 Å². The summed E-state index contributed by atoms with van der Waals surface area (Å²) in [5, 5.41) is 3.67. The zero-order chi connectivity index (χ0) is 18.1. The van der Waals surface area contributed by atoms with E-state index in [4.69, 9.17) is 0 Å². The molecule has 2 heterocycles. The SMILES string of the molecule is CC(C)c1ccc(CC(=O)Nc2nc3c(s2)CSc2ccccc2-3)cc1. The van der Waals surface area contributed by atoms with Gasteiger partial charge in [-0.2, -0.15) is 0 Å². The van der Waals surface area contributed by atoms with Gasteiger partial charge in [-0.05, 0) is 23.1 Å². The van der Waals surface area contributed by atoms with E-state index in [9.17, 15) is 4.79 Å². The van der Waals surface area contributed by atoms with Gasteiger partial charge in [0.05, 0.1) is 12.1 Å². The lowest BCUT2D eigenvalue weighted by Gasteiger charge is -2.13. The van der Waals surface area contributed by atoms with Crippen molar-refractivity contribution in [2.75, 3.05) is 5.32 Å². The zero-order valence-electron chi connectivity index (χ0n) is 14.8. The first-order chi connectivity index (χ1) is 12.6. The van der Waals surface area contributed by atoms with Crippen LogP contribution in [0.5, 0.6) is 0 Å². The van der Waals surface area contributed by atoms with Crippen LogP contribution in [0.2, 0.25) is 0 Å². The first-order valence-corrected chi connectivity index (χ1v) is 10.5. The molecule has 1 N–H and O–H groups in total. The van der Waals surface area contributed by atoms with Crippen LogP contribution < -0.4 is 5.32 Å². The Balaban J connectivity index is 1.47. The Labute approximate surface area is 161 Å². The number of carbonyl (C=O) groups excluding carboxylic acids is 1. The number of hydrogen-bond donors (Lipinski definition) is 1. The Hall–Kier alpha value is -2.11. The van der Waals surface area contributed by atoms with Gasteiger partial charge in [0.2, 0.25) is 5.91 Å². The maximum absolute atomic E-state index is 12.4. The first kappa shape index (κ1) is 17.3. The predicted molar refractivity (Wildman–Crippen MR) is 110 cm³/mol. The molecule has 0 bridgehead atoms. The summed E-state index contributed by atoms with van der Waals surface area (Å²) in [5.41, 5.74) is 4.49. The molecule has 26 heavy (non-hydrogen) atoms. The van der Waals surface area contributed by atoms with Crippen LogP contribution in [-0.4, -0.2) is 10.9 Å². The smallest absolute Gasteiger partial charge is 0.230 e. The van der Waals surface area contributed by atoms with Crippen molar-refractivity contribution in [3.63, 3.8) is 0 Å². The highest BCUT2D eigenvalue weighted by Gasteiger charge is 2.21. The summed E-state index contributed by atoms with van der Waals surface area (Å²) in [6, 6.07) is 16.6. The lowest BCUT2D eigenvalue weighted by molar-refractivity contribution is -0.115. The molecule has 3 nitrogen and oxygen atoms in total. The van der Waals surface area contributed by atoms with Gasteiger partial charge >= 0.3 is 0 Å². The molecule has 0 unspecified atom stereocenters. The minimum atomic E-state index is -0.0191. The van der Waals surface area contributed by atoms with E-state index in [2.05, 4.69) is 54.5 Å². The number of fused-ring (bicyclic) bond motifs is 3. The number of amides is 1. The maximum Gasteiger partial charge on any atom is 0.230 e. The molecule has 1 aromatic heterocycles. The normalized spacial score (nSPS) is 12.6. The van der Waals surface area contributed by atoms with Gasteiger partial charge < -0.3 is 5.32 Å². The monoisotopic (exact) mass is 380 g/mol. The van der Waals surface area contributed by atoms with Gasteiger partial charge in [0.15, 0.2) is 5.13 Å². The molecule has 5 heteroatoms.